The van der Waals surface area contributed by atoms with E-state index in [-0.39, 0.29) is 0 Å². The molecule has 0 heterocycles. The molecule has 0 saturated heterocycles. The molecule has 0 atom stereocenters. The minimum Gasteiger partial charge on any atom is -0.285 e. The maximum Gasteiger partial charge on any atom is 0.274 e. The van der Waals surface area contributed by atoms with Crippen LogP contribution in [0.25, 0.3) is 0 Å². The van der Waals surface area contributed by atoms with Gasteiger partial charge in [0, 0.05) is 0 Å². The van der Waals surface area contributed by atoms with Crippen LogP contribution in [0.5, 0.6) is 0 Å². The third kappa shape index (κ3) is 2.70. The highest BCUT2D eigenvalue weighted by atomic mass is 32.2. The molecule has 0 amide bonds. The molecule has 108 valence electrons. The lowest BCUT2D eigenvalue weighted by Gasteiger charge is -2.31. The molecule has 4 heteroatoms. The van der Waals surface area contributed by atoms with Gasteiger partial charge in [-0.1, -0.05) is 45.9 Å². The van der Waals surface area contributed by atoms with Gasteiger partial charge in [0.05, 0.1) is 0 Å². The quantitative estimate of drug-likeness (QED) is 0.810. The van der Waals surface area contributed by atoms with Crippen LogP contribution in [0.4, 0.5) is 0 Å². The van der Waals surface area contributed by atoms with Crippen LogP contribution in [0.15, 0.2) is 18.2 Å². The Morgan fingerprint density at radius 3 is 2.00 bits per heavy atom. The van der Waals surface area contributed by atoms with Crippen molar-refractivity contribution >= 4 is 10.1 Å². The molecule has 0 fully saturated rings. The van der Waals surface area contributed by atoms with Gasteiger partial charge in [-0.25, -0.2) is 0 Å². The van der Waals surface area contributed by atoms with E-state index in [4.69, 9.17) is 0 Å². The second-order valence-corrected chi connectivity index (χ2v) is 6.56. The summed E-state index contributed by atoms with van der Waals surface area (Å²) in [6.45, 7) is 7.72. The van der Waals surface area contributed by atoms with Crippen molar-refractivity contribution in [2.75, 3.05) is 0 Å². The summed E-state index contributed by atoms with van der Waals surface area (Å²) < 4.78 is 32.4. The van der Waals surface area contributed by atoms with Crippen molar-refractivity contribution in [3.63, 3.8) is 0 Å². The van der Waals surface area contributed by atoms with Gasteiger partial charge >= 0.3 is 0 Å². The van der Waals surface area contributed by atoms with Crippen LogP contribution in [-0.2, 0) is 27.7 Å². The molecule has 1 N–H and O–H groups in total. The second-order valence-electron chi connectivity index (χ2n) is 4.83. The van der Waals surface area contributed by atoms with E-state index in [0.717, 1.165) is 29.5 Å². The molecule has 1 aromatic rings. The van der Waals surface area contributed by atoms with E-state index in [1.54, 1.807) is 0 Å². The first-order valence-electron chi connectivity index (χ1n) is 6.96. The first kappa shape index (κ1) is 16.2. The third-order valence-corrected chi connectivity index (χ3v) is 5.92. The molecule has 1 aromatic carbocycles. The van der Waals surface area contributed by atoms with E-state index in [0.29, 0.717) is 12.8 Å². The second kappa shape index (κ2) is 6.06. The Labute approximate surface area is 116 Å². The van der Waals surface area contributed by atoms with E-state index < -0.39 is 14.9 Å². The molecular formula is C15H24O3S. The highest BCUT2D eigenvalue weighted by Gasteiger charge is 2.42. The van der Waals surface area contributed by atoms with E-state index in [1.807, 2.05) is 39.0 Å². The van der Waals surface area contributed by atoms with Crippen molar-refractivity contribution in [1.82, 2.24) is 0 Å². The summed E-state index contributed by atoms with van der Waals surface area (Å²) in [5.74, 6) is 0. The van der Waals surface area contributed by atoms with Gasteiger partial charge in [-0.05, 0) is 42.4 Å². The molecule has 0 spiro atoms. The van der Waals surface area contributed by atoms with Crippen LogP contribution >= 0.6 is 0 Å². The molecule has 0 aliphatic carbocycles. The van der Waals surface area contributed by atoms with Gasteiger partial charge in [0.2, 0.25) is 0 Å². The SMILES string of the molecule is CCc1cccc(C(CC)(CC)S(=O)(=O)O)c1CC. The fraction of sp³-hybridized carbons (Fsp3) is 0.600. The number of benzene rings is 1. The van der Waals surface area contributed by atoms with Crippen LogP contribution in [0.2, 0.25) is 0 Å². The van der Waals surface area contributed by atoms with Crippen LogP contribution in [0.3, 0.4) is 0 Å². The molecule has 0 saturated carbocycles. The third-order valence-electron chi connectivity index (χ3n) is 4.13. The van der Waals surface area contributed by atoms with Crippen molar-refractivity contribution in [2.24, 2.45) is 0 Å². The molecule has 1 rings (SSSR count). The Kier molecular flexibility index (Phi) is 5.16. The number of hydrogen-bond acceptors (Lipinski definition) is 2. The van der Waals surface area contributed by atoms with E-state index in [2.05, 4.69) is 6.92 Å². The van der Waals surface area contributed by atoms with Gasteiger partial charge in [0.15, 0.2) is 0 Å². The fourth-order valence-electron chi connectivity index (χ4n) is 2.94. The van der Waals surface area contributed by atoms with Crippen molar-refractivity contribution < 1.29 is 13.0 Å². The van der Waals surface area contributed by atoms with Crippen molar-refractivity contribution in [3.8, 4) is 0 Å². The summed E-state index contributed by atoms with van der Waals surface area (Å²) in [4.78, 5) is 0. The summed E-state index contributed by atoms with van der Waals surface area (Å²) >= 11 is 0. The van der Waals surface area contributed by atoms with Gasteiger partial charge in [-0.2, -0.15) is 8.42 Å². The van der Waals surface area contributed by atoms with Gasteiger partial charge in [0.1, 0.15) is 4.75 Å². The summed E-state index contributed by atoms with van der Waals surface area (Å²) in [6.07, 6.45) is 2.40. The summed E-state index contributed by atoms with van der Waals surface area (Å²) in [7, 11) is -4.14. The Balaban J connectivity index is 3.66. The zero-order valence-electron chi connectivity index (χ0n) is 12.2. The Bertz CT molecular complexity index is 528. The first-order valence-corrected chi connectivity index (χ1v) is 8.40. The average Bonchev–Trinajstić information content (AvgIpc) is 2.38. The molecule has 0 aliphatic heterocycles. The standard InChI is InChI=1S/C15H24O3S/c1-5-12-10-9-11-14(13(12)6-2)15(7-3,8-4)19(16,17)18/h9-11H,5-8H2,1-4H3,(H,16,17,18). The first-order chi connectivity index (χ1) is 8.87. The van der Waals surface area contributed by atoms with Crippen LogP contribution in [-0.4, -0.2) is 13.0 Å². The molecule has 0 aromatic heterocycles. The normalized spacial score (nSPS) is 12.7. The van der Waals surface area contributed by atoms with Crippen LogP contribution < -0.4 is 0 Å². The monoisotopic (exact) mass is 284 g/mol. The van der Waals surface area contributed by atoms with Crippen LogP contribution in [0.1, 0.15) is 57.2 Å². The summed E-state index contributed by atoms with van der Waals surface area (Å²) in [5.41, 5.74) is 2.99. The van der Waals surface area contributed by atoms with E-state index >= 15 is 0 Å². The average molecular weight is 284 g/mol. The molecule has 3 nitrogen and oxygen atoms in total. The maximum atomic E-state index is 11.9. The minimum atomic E-state index is -4.14. The smallest absolute Gasteiger partial charge is 0.274 e. The molecule has 0 aliphatic rings. The van der Waals surface area contributed by atoms with Crippen molar-refractivity contribution in [3.05, 3.63) is 34.9 Å². The number of hydrogen-bond donors (Lipinski definition) is 1. The zero-order chi connectivity index (χ0) is 14.7. The Hall–Kier alpha value is -0.870. The molecule has 0 unspecified atom stereocenters. The largest absolute Gasteiger partial charge is 0.285 e. The van der Waals surface area contributed by atoms with E-state index in [1.165, 1.54) is 0 Å². The topological polar surface area (TPSA) is 54.4 Å². The minimum absolute atomic E-state index is 0.377. The van der Waals surface area contributed by atoms with Crippen molar-refractivity contribution in [1.29, 1.82) is 0 Å². The molecule has 19 heavy (non-hydrogen) atoms. The predicted octanol–water partition coefficient (Wildman–Crippen LogP) is 3.71. The van der Waals surface area contributed by atoms with Crippen molar-refractivity contribution in [2.45, 2.75) is 58.1 Å². The van der Waals surface area contributed by atoms with E-state index in [9.17, 15) is 13.0 Å². The lowest BCUT2D eigenvalue weighted by Crippen LogP contribution is -2.35. The fourth-order valence-corrected chi connectivity index (χ4v) is 4.14. The molecular weight excluding hydrogens is 260 g/mol. The lowest BCUT2D eigenvalue weighted by molar-refractivity contribution is 0.409. The highest BCUT2D eigenvalue weighted by Crippen LogP contribution is 2.39. The zero-order valence-corrected chi connectivity index (χ0v) is 13.0. The van der Waals surface area contributed by atoms with Gasteiger partial charge in [-0.3, -0.25) is 4.55 Å². The lowest BCUT2D eigenvalue weighted by atomic mass is 9.85. The van der Waals surface area contributed by atoms with Gasteiger partial charge in [-0.15, -0.1) is 0 Å². The number of rotatable bonds is 6. The number of aryl methyl sites for hydroxylation is 1. The Morgan fingerprint density at radius 1 is 1.05 bits per heavy atom. The molecule has 0 bridgehead atoms. The predicted molar refractivity (Wildman–Crippen MR) is 79.0 cm³/mol. The Morgan fingerprint density at radius 2 is 1.63 bits per heavy atom. The van der Waals surface area contributed by atoms with Crippen LogP contribution in [0, 0.1) is 0 Å². The summed E-state index contributed by atoms with van der Waals surface area (Å²) in [6, 6.07) is 5.76. The highest BCUT2D eigenvalue weighted by molar-refractivity contribution is 7.86. The van der Waals surface area contributed by atoms with Gasteiger partial charge in [0.25, 0.3) is 10.1 Å². The van der Waals surface area contributed by atoms with Gasteiger partial charge < -0.3 is 0 Å². The summed E-state index contributed by atoms with van der Waals surface area (Å²) in [5, 5.41) is 0. The molecule has 0 radical (unpaired) electrons. The maximum absolute atomic E-state index is 11.9.